The molecule has 88 valence electrons. The summed E-state index contributed by atoms with van der Waals surface area (Å²) in [6, 6.07) is 3.72. The number of amides is 1. The van der Waals surface area contributed by atoms with E-state index in [2.05, 4.69) is 20.9 Å². The van der Waals surface area contributed by atoms with E-state index in [4.69, 9.17) is 0 Å². The Morgan fingerprint density at radius 1 is 1.35 bits per heavy atom. The van der Waals surface area contributed by atoms with Crippen molar-refractivity contribution in [2.45, 2.75) is 12.8 Å². The summed E-state index contributed by atoms with van der Waals surface area (Å²) in [5.74, 6) is 0.0891. The number of hydrogen-bond acceptors (Lipinski definition) is 2. The van der Waals surface area contributed by atoms with Crippen LogP contribution in [0.4, 0.5) is 0 Å². The number of rotatable bonds is 1. The van der Waals surface area contributed by atoms with Crippen molar-refractivity contribution in [3.05, 3.63) is 34.7 Å². The largest absolute Gasteiger partial charge is 0.339 e. The number of halogens is 1. The Bertz CT molecular complexity index is 572. The summed E-state index contributed by atoms with van der Waals surface area (Å²) < 4.78 is 2.74. The zero-order valence-corrected chi connectivity index (χ0v) is 10.9. The number of hydrogen-bond donors (Lipinski definition) is 0. The lowest BCUT2D eigenvalue weighted by molar-refractivity contribution is 0.0794. The van der Waals surface area contributed by atoms with Crippen LogP contribution in [0.2, 0.25) is 0 Å². The molecular formula is C12H12BrN3O. The first-order chi connectivity index (χ1) is 8.27. The molecule has 1 fully saturated rings. The number of aromatic nitrogens is 2. The molecule has 0 unspecified atom stereocenters. The topological polar surface area (TPSA) is 37.6 Å². The molecule has 0 radical (unpaired) electrons. The zero-order chi connectivity index (χ0) is 11.8. The third kappa shape index (κ3) is 1.74. The first kappa shape index (κ1) is 10.8. The van der Waals surface area contributed by atoms with E-state index in [1.54, 1.807) is 6.20 Å². The average Bonchev–Trinajstić information content (AvgIpc) is 2.98. The van der Waals surface area contributed by atoms with E-state index < -0.39 is 0 Å². The van der Waals surface area contributed by atoms with Crippen LogP contribution in [0.15, 0.2) is 29.1 Å². The molecule has 1 aliphatic rings. The van der Waals surface area contributed by atoms with Crippen molar-refractivity contribution >= 4 is 27.5 Å². The summed E-state index contributed by atoms with van der Waals surface area (Å²) in [5, 5.41) is 0. The first-order valence-corrected chi connectivity index (χ1v) is 6.47. The van der Waals surface area contributed by atoms with Gasteiger partial charge in [0.15, 0.2) is 0 Å². The fourth-order valence-corrected chi connectivity index (χ4v) is 2.63. The summed E-state index contributed by atoms with van der Waals surface area (Å²) in [7, 11) is 0. The van der Waals surface area contributed by atoms with Crippen molar-refractivity contribution in [3.63, 3.8) is 0 Å². The Hall–Kier alpha value is -1.36. The minimum Gasteiger partial charge on any atom is -0.339 e. The molecule has 4 nitrogen and oxygen atoms in total. The molecule has 17 heavy (non-hydrogen) atoms. The van der Waals surface area contributed by atoms with Gasteiger partial charge in [-0.05, 0) is 40.9 Å². The van der Waals surface area contributed by atoms with Gasteiger partial charge in [-0.3, -0.25) is 9.20 Å². The minimum atomic E-state index is 0.0891. The normalized spacial score (nSPS) is 15.7. The smallest absolute Gasteiger partial charge is 0.257 e. The molecule has 0 atom stereocenters. The van der Waals surface area contributed by atoms with Crippen LogP contribution in [0, 0.1) is 0 Å². The predicted molar refractivity (Wildman–Crippen MR) is 68.0 cm³/mol. The second kappa shape index (κ2) is 4.14. The van der Waals surface area contributed by atoms with Crippen LogP contribution in [0.1, 0.15) is 23.2 Å². The van der Waals surface area contributed by atoms with E-state index in [9.17, 15) is 4.79 Å². The molecule has 3 heterocycles. The number of carbonyl (C=O) groups is 1. The SMILES string of the molecule is O=C(c1cccn2c(Br)cnc12)N1CCCC1. The van der Waals surface area contributed by atoms with Gasteiger partial charge in [-0.25, -0.2) is 4.98 Å². The molecule has 5 heteroatoms. The van der Waals surface area contributed by atoms with Gasteiger partial charge in [-0.1, -0.05) is 0 Å². The molecule has 0 bridgehead atoms. The number of nitrogens with zero attached hydrogens (tertiary/aromatic N) is 3. The maximum atomic E-state index is 12.3. The Balaban J connectivity index is 2.07. The van der Waals surface area contributed by atoms with Crippen molar-refractivity contribution in [1.82, 2.24) is 14.3 Å². The number of carbonyl (C=O) groups excluding carboxylic acids is 1. The molecule has 1 aliphatic heterocycles. The fourth-order valence-electron chi connectivity index (χ4n) is 2.24. The van der Waals surface area contributed by atoms with Crippen LogP contribution >= 0.6 is 15.9 Å². The van der Waals surface area contributed by atoms with Crippen LogP contribution in [0.5, 0.6) is 0 Å². The maximum absolute atomic E-state index is 12.3. The molecule has 2 aromatic heterocycles. The number of fused-ring (bicyclic) bond motifs is 1. The molecule has 1 amide bonds. The van der Waals surface area contributed by atoms with E-state index in [0.29, 0.717) is 5.56 Å². The summed E-state index contributed by atoms with van der Waals surface area (Å²) >= 11 is 3.41. The molecule has 0 aliphatic carbocycles. The summed E-state index contributed by atoms with van der Waals surface area (Å²) in [4.78, 5) is 18.5. The van der Waals surface area contributed by atoms with Crippen molar-refractivity contribution in [3.8, 4) is 0 Å². The standard InChI is InChI=1S/C12H12BrN3O/c13-10-8-14-11-9(4-3-7-16(10)11)12(17)15-5-1-2-6-15/h3-4,7-8H,1-2,5-6H2. The van der Waals surface area contributed by atoms with Gasteiger partial charge in [0, 0.05) is 19.3 Å². The van der Waals surface area contributed by atoms with Gasteiger partial charge in [-0.2, -0.15) is 0 Å². The molecule has 1 saturated heterocycles. The van der Waals surface area contributed by atoms with Gasteiger partial charge in [0.25, 0.3) is 5.91 Å². The minimum absolute atomic E-state index is 0.0891. The van der Waals surface area contributed by atoms with E-state index in [0.717, 1.165) is 36.2 Å². The Morgan fingerprint density at radius 2 is 2.12 bits per heavy atom. The Labute approximate surface area is 107 Å². The maximum Gasteiger partial charge on any atom is 0.257 e. The monoisotopic (exact) mass is 293 g/mol. The van der Waals surface area contributed by atoms with Crippen LogP contribution < -0.4 is 0 Å². The summed E-state index contributed by atoms with van der Waals surface area (Å²) in [6.45, 7) is 1.73. The quantitative estimate of drug-likeness (QED) is 0.809. The van der Waals surface area contributed by atoms with Crippen LogP contribution in [-0.4, -0.2) is 33.3 Å². The number of pyridine rings is 1. The van der Waals surface area contributed by atoms with Crippen molar-refractivity contribution in [2.24, 2.45) is 0 Å². The third-order valence-electron chi connectivity index (χ3n) is 3.11. The molecule has 0 N–H and O–H groups in total. The fraction of sp³-hybridized carbons (Fsp3) is 0.333. The van der Waals surface area contributed by atoms with E-state index >= 15 is 0 Å². The second-order valence-corrected chi connectivity index (χ2v) is 5.01. The molecule has 0 spiro atoms. The lowest BCUT2D eigenvalue weighted by Gasteiger charge is -2.15. The highest BCUT2D eigenvalue weighted by molar-refractivity contribution is 9.10. The first-order valence-electron chi connectivity index (χ1n) is 5.68. The zero-order valence-electron chi connectivity index (χ0n) is 9.27. The van der Waals surface area contributed by atoms with Gasteiger partial charge >= 0.3 is 0 Å². The third-order valence-corrected chi connectivity index (χ3v) is 3.70. The lowest BCUT2D eigenvalue weighted by atomic mass is 10.2. The van der Waals surface area contributed by atoms with Crippen LogP contribution in [0.3, 0.4) is 0 Å². The predicted octanol–water partition coefficient (Wildman–Crippen LogP) is 2.33. The molecule has 3 rings (SSSR count). The van der Waals surface area contributed by atoms with E-state index in [1.165, 1.54) is 0 Å². The molecule has 2 aromatic rings. The average molecular weight is 294 g/mol. The highest BCUT2D eigenvalue weighted by Crippen LogP contribution is 2.19. The van der Waals surface area contributed by atoms with Gasteiger partial charge < -0.3 is 4.90 Å². The van der Waals surface area contributed by atoms with Gasteiger partial charge in [0.1, 0.15) is 10.3 Å². The van der Waals surface area contributed by atoms with Crippen molar-refractivity contribution in [2.75, 3.05) is 13.1 Å². The Kier molecular flexibility index (Phi) is 2.63. The van der Waals surface area contributed by atoms with Gasteiger partial charge in [0.2, 0.25) is 0 Å². The van der Waals surface area contributed by atoms with Crippen molar-refractivity contribution in [1.29, 1.82) is 0 Å². The number of imidazole rings is 1. The van der Waals surface area contributed by atoms with Crippen LogP contribution in [-0.2, 0) is 0 Å². The van der Waals surface area contributed by atoms with Crippen LogP contribution in [0.25, 0.3) is 5.65 Å². The highest BCUT2D eigenvalue weighted by Gasteiger charge is 2.22. The van der Waals surface area contributed by atoms with Gasteiger partial charge in [-0.15, -0.1) is 0 Å². The Morgan fingerprint density at radius 3 is 2.88 bits per heavy atom. The van der Waals surface area contributed by atoms with E-state index in [-0.39, 0.29) is 5.91 Å². The molecule has 0 saturated carbocycles. The van der Waals surface area contributed by atoms with Gasteiger partial charge in [0.05, 0.1) is 11.8 Å². The molecule has 0 aromatic carbocycles. The lowest BCUT2D eigenvalue weighted by Crippen LogP contribution is -2.28. The summed E-state index contributed by atoms with van der Waals surface area (Å²) in [5.41, 5.74) is 1.40. The van der Waals surface area contributed by atoms with Crippen molar-refractivity contribution < 1.29 is 4.79 Å². The van der Waals surface area contributed by atoms with E-state index in [1.807, 2.05) is 27.6 Å². The number of likely N-dealkylation sites (tertiary alicyclic amines) is 1. The summed E-state index contributed by atoms with van der Waals surface area (Å²) in [6.07, 6.45) is 5.82. The molecular weight excluding hydrogens is 282 g/mol. The second-order valence-electron chi connectivity index (χ2n) is 4.20. The highest BCUT2D eigenvalue weighted by atomic mass is 79.9.